The number of nitrogens with one attached hydrogen (secondary N) is 2. The lowest BCUT2D eigenvalue weighted by molar-refractivity contribution is -0.384. The number of carboxylic acids is 1. The zero-order valence-corrected chi connectivity index (χ0v) is 16.9. The molecule has 3 rings (SSSR count). The summed E-state index contributed by atoms with van der Waals surface area (Å²) < 4.78 is 5.34. The van der Waals surface area contributed by atoms with Crippen LogP contribution in [0.1, 0.15) is 52.4 Å². The van der Waals surface area contributed by atoms with Crippen molar-refractivity contribution in [2.24, 2.45) is 11.3 Å². The largest absolute Gasteiger partial charge is 0.481 e. The van der Waals surface area contributed by atoms with E-state index in [9.17, 15) is 20.0 Å². The fourth-order valence-electron chi connectivity index (χ4n) is 4.33. The van der Waals surface area contributed by atoms with Crippen LogP contribution in [-0.4, -0.2) is 51.3 Å². The highest BCUT2D eigenvalue weighted by Gasteiger charge is 2.45. The number of aromatic nitrogens is 2. The first-order valence-electron chi connectivity index (χ1n) is 10.2. The van der Waals surface area contributed by atoms with Crippen LogP contribution in [-0.2, 0) is 9.53 Å². The average molecular weight is 407 g/mol. The molecule has 1 aliphatic carbocycles. The van der Waals surface area contributed by atoms with Gasteiger partial charge in [0.15, 0.2) is 0 Å². The van der Waals surface area contributed by atoms with E-state index in [1.807, 2.05) is 6.92 Å². The van der Waals surface area contributed by atoms with Crippen LogP contribution in [0.25, 0.3) is 0 Å². The van der Waals surface area contributed by atoms with Gasteiger partial charge in [0.25, 0.3) is 0 Å². The number of nitrogens with zero attached hydrogens (tertiary/aromatic N) is 3. The number of hydrogen-bond acceptors (Lipinski definition) is 8. The number of nitro groups is 1. The van der Waals surface area contributed by atoms with Gasteiger partial charge in [-0.1, -0.05) is 13.3 Å². The second-order valence-electron chi connectivity index (χ2n) is 8.16. The molecule has 2 aliphatic rings. The lowest BCUT2D eigenvalue weighted by Gasteiger charge is -2.41. The average Bonchev–Trinajstić information content (AvgIpc) is 2.70. The standard InChI is InChI=1S/C19H29N5O5/c1-3-12-10-14(4-7-19(12,2)17(25)26)21-16-15(24(27)28)11-20-18(23-16)22-13-5-8-29-9-6-13/h11-14H,3-10H2,1-2H3,(H,25,26)(H2,20,21,22,23)/t12?,14-,19-/m0/s1. The third kappa shape index (κ3) is 4.75. The highest BCUT2D eigenvalue weighted by molar-refractivity contribution is 5.74. The third-order valence-electron chi connectivity index (χ3n) is 6.33. The summed E-state index contributed by atoms with van der Waals surface area (Å²) in [6.07, 6.45) is 5.38. The second kappa shape index (κ2) is 8.89. The van der Waals surface area contributed by atoms with Crippen molar-refractivity contribution in [3.63, 3.8) is 0 Å². The fourth-order valence-corrected chi connectivity index (χ4v) is 4.33. The summed E-state index contributed by atoms with van der Waals surface area (Å²) in [6.45, 7) is 5.11. The van der Waals surface area contributed by atoms with Crippen molar-refractivity contribution >= 4 is 23.4 Å². The molecule has 10 heteroatoms. The van der Waals surface area contributed by atoms with Crippen molar-refractivity contribution in [3.8, 4) is 0 Å². The van der Waals surface area contributed by atoms with Crippen molar-refractivity contribution in [2.75, 3.05) is 23.8 Å². The Kier molecular flexibility index (Phi) is 6.51. The molecule has 1 aromatic heterocycles. The number of anilines is 2. The van der Waals surface area contributed by atoms with E-state index in [-0.39, 0.29) is 29.5 Å². The first-order valence-corrected chi connectivity index (χ1v) is 10.2. The summed E-state index contributed by atoms with van der Waals surface area (Å²) in [6, 6.07) is 0.102. The molecule has 29 heavy (non-hydrogen) atoms. The van der Waals surface area contributed by atoms with E-state index in [0.29, 0.717) is 38.4 Å². The van der Waals surface area contributed by atoms with E-state index in [1.165, 1.54) is 6.20 Å². The Balaban J connectivity index is 1.75. The quantitative estimate of drug-likeness (QED) is 0.459. The monoisotopic (exact) mass is 407 g/mol. The van der Waals surface area contributed by atoms with E-state index in [2.05, 4.69) is 20.6 Å². The molecule has 160 valence electrons. The third-order valence-corrected chi connectivity index (χ3v) is 6.33. The molecule has 0 spiro atoms. The van der Waals surface area contributed by atoms with Gasteiger partial charge < -0.3 is 20.5 Å². The van der Waals surface area contributed by atoms with Crippen LogP contribution in [0.4, 0.5) is 17.5 Å². The van der Waals surface area contributed by atoms with Crippen molar-refractivity contribution in [1.82, 2.24) is 9.97 Å². The maximum absolute atomic E-state index is 11.7. The van der Waals surface area contributed by atoms with E-state index < -0.39 is 16.3 Å². The number of rotatable bonds is 7. The predicted molar refractivity (Wildman–Crippen MR) is 107 cm³/mol. The van der Waals surface area contributed by atoms with E-state index in [1.54, 1.807) is 6.92 Å². The van der Waals surface area contributed by atoms with Gasteiger partial charge in [-0.2, -0.15) is 4.98 Å². The zero-order valence-electron chi connectivity index (χ0n) is 16.9. The number of carbonyl (C=O) groups is 1. The Morgan fingerprint density at radius 2 is 2.07 bits per heavy atom. The van der Waals surface area contributed by atoms with Crippen molar-refractivity contribution in [2.45, 2.75) is 64.5 Å². The minimum atomic E-state index is -0.779. The zero-order chi connectivity index (χ0) is 21.0. The molecule has 1 unspecified atom stereocenters. The molecular weight excluding hydrogens is 378 g/mol. The SMILES string of the molecule is CCC1C[C@@H](Nc2nc(NC3CCOCC3)ncc2[N+](=O)[O-])CC[C@]1(C)C(=O)O. The molecule has 1 saturated heterocycles. The van der Waals surface area contributed by atoms with Crippen LogP contribution in [0.5, 0.6) is 0 Å². The first-order chi connectivity index (χ1) is 13.8. The smallest absolute Gasteiger partial charge is 0.329 e. The maximum Gasteiger partial charge on any atom is 0.329 e. The van der Waals surface area contributed by atoms with Gasteiger partial charge in [-0.3, -0.25) is 14.9 Å². The van der Waals surface area contributed by atoms with Crippen molar-refractivity contribution in [3.05, 3.63) is 16.3 Å². The van der Waals surface area contributed by atoms with Gasteiger partial charge in [0.1, 0.15) is 6.20 Å². The Morgan fingerprint density at radius 3 is 2.69 bits per heavy atom. The minimum absolute atomic E-state index is 0.00743. The number of hydrogen-bond donors (Lipinski definition) is 3. The molecule has 0 aromatic carbocycles. The van der Waals surface area contributed by atoms with E-state index in [0.717, 1.165) is 19.3 Å². The number of aliphatic carboxylic acids is 1. The highest BCUT2D eigenvalue weighted by atomic mass is 16.6. The van der Waals surface area contributed by atoms with Crippen LogP contribution < -0.4 is 10.6 Å². The molecular formula is C19H29N5O5. The van der Waals surface area contributed by atoms with Crippen molar-refractivity contribution in [1.29, 1.82) is 0 Å². The number of ether oxygens (including phenoxy) is 1. The van der Waals surface area contributed by atoms with Crippen LogP contribution >= 0.6 is 0 Å². The van der Waals surface area contributed by atoms with Gasteiger partial charge in [0, 0.05) is 25.3 Å². The first kappa shape index (κ1) is 21.2. The molecule has 1 saturated carbocycles. The molecule has 1 aliphatic heterocycles. The highest BCUT2D eigenvalue weighted by Crippen LogP contribution is 2.44. The summed E-state index contributed by atoms with van der Waals surface area (Å²) >= 11 is 0. The molecule has 0 bridgehead atoms. The Labute approximate surface area is 169 Å². The molecule has 10 nitrogen and oxygen atoms in total. The lowest BCUT2D eigenvalue weighted by Crippen LogP contribution is -2.44. The molecule has 2 fully saturated rings. The molecule has 0 radical (unpaired) electrons. The molecule has 1 aromatic rings. The van der Waals surface area contributed by atoms with Crippen LogP contribution in [0.2, 0.25) is 0 Å². The Hall–Kier alpha value is -2.49. The maximum atomic E-state index is 11.7. The second-order valence-corrected chi connectivity index (χ2v) is 8.16. The predicted octanol–water partition coefficient (Wildman–Crippen LogP) is 3.06. The van der Waals surface area contributed by atoms with Crippen LogP contribution in [0, 0.1) is 21.4 Å². The summed E-state index contributed by atoms with van der Waals surface area (Å²) in [4.78, 5) is 31.2. The van der Waals surface area contributed by atoms with Gasteiger partial charge in [-0.25, -0.2) is 4.98 Å². The summed E-state index contributed by atoms with van der Waals surface area (Å²) in [5, 5.41) is 27.5. The van der Waals surface area contributed by atoms with Gasteiger partial charge in [-0.05, 0) is 44.9 Å². The summed E-state index contributed by atoms with van der Waals surface area (Å²) in [7, 11) is 0. The minimum Gasteiger partial charge on any atom is -0.481 e. The topological polar surface area (TPSA) is 140 Å². The van der Waals surface area contributed by atoms with E-state index >= 15 is 0 Å². The van der Waals surface area contributed by atoms with Gasteiger partial charge in [0.05, 0.1) is 10.3 Å². The van der Waals surface area contributed by atoms with Gasteiger partial charge in [-0.15, -0.1) is 0 Å². The van der Waals surface area contributed by atoms with E-state index in [4.69, 9.17) is 4.74 Å². The summed E-state index contributed by atoms with van der Waals surface area (Å²) in [5.74, 6) is -0.257. The normalized spacial score (nSPS) is 27.9. The fraction of sp³-hybridized carbons (Fsp3) is 0.737. The van der Waals surface area contributed by atoms with Crippen LogP contribution in [0.3, 0.4) is 0 Å². The number of carboxylic acid groups (broad SMARTS) is 1. The molecule has 3 N–H and O–H groups in total. The molecule has 3 atom stereocenters. The van der Waals surface area contributed by atoms with Gasteiger partial charge in [0.2, 0.25) is 11.8 Å². The van der Waals surface area contributed by atoms with Gasteiger partial charge >= 0.3 is 11.7 Å². The lowest BCUT2D eigenvalue weighted by atomic mass is 9.65. The Bertz CT molecular complexity index is 755. The summed E-state index contributed by atoms with van der Waals surface area (Å²) in [5.41, 5.74) is -0.942. The Morgan fingerprint density at radius 1 is 1.34 bits per heavy atom. The van der Waals surface area contributed by atoms with Crippen molar-refractivity contribution < 1.29 is 19.6 Å². The molecule has 2 heterocycles. The van der Waals surface area contributed by atoms with Crippen LogP contribution in [0.15, 0.2) is 6.20 Å². The molecule has 0 amide bonds.